The topological polar surface area (TPSA) is 26.3 Å². The molecule has 2 nitrogen and oxygen atoms in total. The minimum atomic E-state index is -0.149. The fraction of sp³-hybridized carbons (Fsp3) is 0.667. The van der Waals surface area contributed by atoms with E-state index in [-0.39, 0.29) is 5.97 Å². The Bertz CT molecular complexity index is 164. The highest BCUT2D eigenvalue weighted by molar-refractivity contribution is 9.11. The summed E-state index contributed by atoms with van der Waals surface area (Å²) in [5.41, 5.74) is 0. The highest BCUT2D eigenvalue weighted by atomic mass is 79.9. The molecule has 0 unspecified atom stereocenters. The van der Waals surface area contributed by atoms with Crippen molar-refractivity contribution in [1.29, 1.82) is 0 Å². The number of carbonyl (C=O) groups excluding carboxylic acids is 1. The fourth-order valence-electron chi connectivity index (χ4n) is 0.569. The van der Waals surface area contributed by atoms with Crippen molar-refractivity contribution in [3.8, 4) is 0 Å². The van der Waals surface area contributed by atoms with E-state index in [0.717, 1.165) is 4.48 Å². The maximum Gasteiger partial charge on any atom is 0.306 e. The van der Waals surface area contributed by atoms with Crippen molar-refractivity contribution in [2.45, 2.75) is 26.7 Å². The van der Waals surface area contributed by atoms with Crippen molar-refractivity contribution in [2.75, 3.05) is 6.61 Å². The number of carbonyl (C=O) groups is 1. The summed E-state index contributed by atoms with van der Waals surface area (Å²) in [6.07, 6.45) is 1.06. The summed E-state index contributed by atoms with van der Waals surface area (Å²) in [4.78, 5) is 11.0. The average Bonchev–Trinajstić information content (AvgIpc) is 1.96. The molecule has 70 valence electrons. The lowest BCUT2D eigenvalue weighted by Crippen LogP contribution is -2.09. The molecule has 0 bridgehead atoms. The number of hydrogen-bond donors (Lipinski definition) is 0. The molecule has 0 aromatic heterocycles. The third-order valence-corrected chi connectivity index (χ3v) is 1.57. The number of rotatable bonds is 5. The zero-order valence-corrected chi connectivity index (χ0v) is 9.19. The second-order valence-corrected chi connectivity index (χ2v) is 4.22. The molecule has 0 aliphatic heterocycles. The molecule has 0 radical (unpaired) electrons. The van der Waals surface area contributed by atoms with Gasteiger partial charge in [-0.25, -0.2) is 0 Å². The third-order valence-electron chi connectivity index (χ3n) is 1.18. The molecule has 0 aromatic carbocycles. The quantitative estimate of drug-likeness (QED) is 0.685. The van der Waals surface area contributed by atoms with Crippen molar-refractivity contribution in [3.63, 3.8) is 0 Å². The van der Waals surface area contributed by atoms with Crippen LogP contribution in [0.3, 0.4) is 0 Å². The van der Waals surface area contributed by atoms with Gasteiger partial charge in [0.1, 0.15) is 0 Å². The van der Waals surface area contributed by atoms with Crippen molar-refractivity contribution in [1.82, 2.24) is 0 Å². The van der Waals surface area contributed by atoms with Crippen LogP contribution in [-0.4, -0.2) is 12.6 Å². The SMILES string of the molecule is C=C(Br)CCC(=O)OCC(C)C. The van der Waals surface area contributed by atoms with Crippen LogP contribution in [0.15, 0.2) is 11.1 Å². The fourth-order valence-corrected chi connectivity index (χ4v) is 0.768. The lowest BCUT2D eigenvalue weighted by Gasteiger charge is -2.06. The average molecular weight is 235 g/mol. The Balaban J connectivity index is 3.40. The molecule has 0 spiro atoms. The molecule has 0 saturated heterocycles. The number of allylic oxidation sites excluding steroid dienone is 1. The normalized spacial score (nSPS) is 10.0. The molecular weight excluding hydrogens is 220 g/mol. The predicted octanol–water partition coefficient (Wildman–Crippen LogP) is 2.87. The summed E-state index contributed by atoms with van der Waals surface area (Å²) in [5.74, 6) is 0.255. The van der Waals surface area contributed by atoms with Crippen molar-refractivity contribution in [3.05, 3.63) is 11.1 Å². The molecular formula is C9H15BrO2. The summed E-state index contributed by atoms with van der Waals surface area (Å²) in [7, 11) is 0. The van der Waals surface area contributed by atoms with E-state index in [9.17, 15) is 4.79 Å². The van der Waals surface area contributed by atoms with Crippen LogP contribution in [0.25, 0.3) is 0 Å². The monoisotopic (exact) mass is 234 g/mol. The summed E-state index contributed by atoms with van der Waals surface area (Å²) in [5, 5.41) is 0. The molecule has 0 fully saturated rings. The molecule has 0 aliphatic carbocycles. The van der Waals surface area contributed by atoms with Crippen molar-refractivity contribution >= 4 is 21.9 Å². The van der Waals surface area contributed by atoms with Crippen LogP contribution in [0, 0.1) is 5.92 Å². The van der Waals surface area contributed by atoms with Crippen molar-refractivity contribution in [2.24, 2.45) is 5.92 Å². The minimum Gasteiger partial charge on any atom is -0.465 e. The molecule has 0 amide bonds. The van der Waals surface area contributed by atoms with E-state index < -0.39 is 0 Å². The van der Waals surface area contributed by atoms with E-state index in [1.165, 1.54) is 0 Å². The first-order valence-corrected chi connectivity index (χ1v) is 4.80. The third kappa shape index (κ3) is 7.79. The van der Waals surface area contributed by atoms with Gasteiger partial charge in [0.05, 0.1) is 13.0 Å². The van der Waals surface area contributed by atoms with Gasteiger partial charge in [0.25, 0.3) is 0 Å². The molecule has 0 saturated carbocycles. The van der Waals surface area contributed by atoms with Gasteiger partial charge in [0.2, 0.25) is 0 Å². The Morgan fingerprint density at radius 2 is 2.08 bits per heavy atom. The Hall–Kier alpha value is -0.310. The number of esters is 1. The molecule has 12 heavy (non-hydrogen) atoms. The van der Waals surface area contributed by atoms with Gasteiger partial charge >= 0.3 is 5.97 Å². The smallest absolute Gasteiger partial charge is 0.306 e. The lowest BCUT2D eigenvalue weighted by molar-refractivity contribution is -0.144. The first-order valence-electron chi connectivity index (χ1n) is 4.01. The van der Waals surface area contributed by atoms with Gasteiger partial charge < -0.3 is 4.74 Å². The van der Waals surface area contributed by atoms with Gasteiger partial charge in [0, 0.05) is 0 Å². The van der Waals surface area contributed by atoms with Crippen molar-refractivity contribution < 1.29 is 9.53 Å². The predicted molar refractivity (Wildman–Crippen MR) is 53.1 cm³/mol. The zero-order valence-electron chi connectivity index (χ0n) is 7.60. The van der Waals surface area contributed by atoms with E-state index >= 15 is 0 Å². The van der Waals surface area contributed by atoms with Crippen LogP contribution >= 0.6 is 15.9 Å². The first-order chi connectivity index (χ1) is 5.52. The van der Waals surface area contributed by atoms with E-state index in [4.69, 9.17) is 4.74 Å². The number of hydrogen-bond acceptors (Lipinski definition) is 2. The van der Waals surface area contributed by atoms with E-state index in [2.05, 4.69) is 22.5 Å². The highest BCUT2D eigenvalue weighted by Gasteiger charge is 2.03. The number of ether oxygens (including phenoxy) is 1. The Morgan fingerprint density at radius 3 is 2.50 bits per heavy atom. The summed E-state index contributed by atoms with van der Waals surface area (Å²) < 4.78 is 5.79. The zero-order chi connectivity index (χ0) is 9.56. The standard InChI is InChI=1S/C9H15BrO2/c1-7(2)6-12-9(11)5-4-8(3)10/h7H,3-6H2,1-2H3. The minimum absolute atomic E-state index is 0.149. The molecule has 3 heteroatoms. The second-order valence-electron chi connectivity index (χ2n) is 3.09. The summed E-state index contributed by atoms with van der Waals surface area (Å²) in [6, 6.07) is 0. The maximum atomic E-state index is 11.0. The Kier molecular flexibility index (Phi) is 6.07. The van der Waals surface area contributed by atoms with Gasteiger partial charge in [0.15, 0.2) is 0 Å². The molecule has 0 aromatic rings. The maximum absolute atomic E-state index is 11.0. The van der Waals surface area contributed by atoms with E-state index in [1.54, 1.807) is 0 Å². The van der Waals surface area contributed by atoms with Gasteiger partial charge in [-0.3, -0.25) is 4.79 Å². The second kappa shape index (κ2) is 6.23. The first kappa shape index (κ1) is 11.7. The van der Waals surface area contributed by atoms with Crippen LogP contribution in [0.2, 0.25) is 0 Å². The van der Waals surface area contributed by atoms with Gasteiger partial charge in [-0.1, -0.05) is 36.4 Å². The molecule has 0 aliphatic rings. The van der Waals surface area contributed by atoms with Gasteiger partial charge in [-0.15, -0.1) is 0 Å². The molecule has 0 heterocycles. The van der Waals surface area contributed by atoms with E-state index in [0.29, 0.717) is 25.4 Å². The van der Waals surface area contributed by atoms with Crippen LogP contribution in [0.5, 0.6) is 0 Å². The Labute approximate surface area is 82.1 Å². The van der Waals surface area contributed by atoms with Crippen LogP contribution < -0.4 is 0 Å². The van der Waals surface area contributed by atoms with Crippen LogP contribution in [0.1, 0.15) is 26.7 Å². The molecule has 0 N–H and O–H groups in total. The Morgan fingerprint density at radius 1 is 1.50 bits per heavy atom. The van der Waals surface area contributed by atoms with Crippen LogP contribution in [0.4, 0.5) is 0 Å². The van der Waals surface area contributed by atoms with Crippen LogP contribution in [-0.2, 0) is 9.53 Å². The van der Waals surface area contributed by atoms with Gasteiger partial charge in [-0.05, 0) is 16.8 Å². The van der Waals surface area contributed by atoms with E-state index in [1.807, 2.05) is 13.8 Å². The number of halogens is 1. The van der Waals surface area contributed by atoms with Gasteiger partial charge in [-0.2, -0.15) is 0 Å². The summed E-state index contributed by atoms with van der Waals surface area (Å²) >= 11 is 3.18. The summed E-state index contributed by atoms with van der Waals surface area (Å²) in [6.45, 7) is 8.16. The largest absolute Gasteiger partial charge is 0.465 e. The molecule has 0 atom stereocenters. The highest BCUT2D eigenvalue weighted by Crippen LogP contribution is 2.10. The lowest BCUT2D eigenvalue weighted by atomic mass is 10.2. The molecule has 0 rings (SSSR count).